The van der Waals surface area contributed by atoms with Crippen molar-refractivity contribution < 1.29 is 9.53 Å². The molecule has 150 valence electrons. The number of thiazole rings is 1. The first-order chi connectivity index (χ1) is 14.0. The molecule has 2 aromatic heterocycles. The highest BCUT2D eigenvalue weighted by Crippen LogP contribution is 2.28. The Kier molecular flexibility index (Phi) is 5.83. The summed E-state index contributed by atoms with van der Waals surface area (Å²) in [5.41, 5.74) is 3.81. The van der Waals surface area contributed by atoms with Crippen LogP contribution in [0.1, 0.15) is 34.5 Å². The molecule has 3 aromatic rings. The molecule has 0 spiro atoms. The molecule has 3 heterocycles. The number of benzene rings is 1. The van der Waals surface area contributed by atoms with Gasteiger partial charge in [0, 0.05) is 43.1 Å². The summed E-state index contributed by atoms with van der Waals surface area (Å²) in [6.07, 6.45) is 3.09. The maximum atomic E-state index is 12.6. The van der Waals surface area contributed by atoms with Gasteiger partial charge in [0.05, 0.1) is 5.02 Å². The lowest BCUT2D eigenvalue weighted by atomic mass is 10.1. The Labute approximate surface area is 179 Å². The first-order valence-electron chi connectivity index (χ1n) is 9.60. The number of hydrogen-bond acceptors (Lipinski definition) is 6. The number of rotatable bonds is 4. The van der Waals surface area contributed by atoms with E-state index in [0.29, 0.717) is 10.7 Å². The van der Waals surface area contributed by atoms with Gasteiger partial charge in [-0.25, -0.2) is 14.8 Å². The van der Waals surface area contributed by atoms with Gasteiger partial charge in [-0.05, 0) is 31.5 Å². The van der Waals surface area contributed by atoms with Crippen LogP contribution in [0.5, 0.6) is 0 Å². The van der Waals surface area contributed by atoms with Crippen molar-refractivity contribution in [2.45, 2.75) is 32.8 Å². The van der Waals surface area contributed by atoms with Crippen molar-refractivity contribution in [3.63, 3.8) is 0 Å². The quantitative estimate of drug-likeness (QED) is 0.528. The number of halogens is 1. The van der Waals surface area contributed by atoms with E-state index in [1.54, 1.807) is 11.6 Å². The number of ether oxygens (including phenoxy) is 1. The second-order valence-corrected chi connectivity index (χ2v) is 8.58. The van der Waals surface area contributed by atoms with Crippen LogP contribution in [0.2, 0.25) is 5.02 Å². The zero-order valence-electron chi connectivity index (χ0n) is 16.4. The number of carbonyl (C=O) groups excluding carboxylic acids is 1. The summed E-state index contributed by atoms with van der Waals surface area (Å²) in [4.78, 5) is 23.6. The maximum Gasteiger partial charge on any atom is 0.358 e. The van der Waals surface area contributed by atoms with Gasteiger partial charge >= 0.3 is 5.97 Å². The van der Waals surface area contributed by atoms with Crippen LogP contribution in [0.15, 0.2) is 41.9 Å². The van der Waals surface area contributed by atoms with Crippen molar-refractivity contribution in [2.75, 3.05) is 18.0 Å². The number of hydrogen-bond donors (Lipinski definition) is 0. The van der Waals surface area contributed by atoms with Crippen LogP contribution in [-0.2, 0) is 4.74 Å². The van der Waals surface area contributed by atoms with Gasteiger partial charge in [0.1, 0.15) is 16.9 Å². The van der Waals surface area contributed by atoms with Crippen molar-refractivity contribution >= 4 is 34.7 Å². The van der Waals surface area contributed by atoms with Crippen LogP contribution in [0.25, 0.3) is 10.6 Å². The van der Waals surface area contributed by atoms with Crippen molar-refractivity contribution in [3.05, 3.63) is 63.8 Å². The fourth-order valence-corrected chi connectivity index (χ4v) is 4.51. The van der Waals surface area contributed by atoms with Gasteiger partial charge in [-0.1, -0.05) is 35.4 Å². The Hall–Kier alpha value is -2.44. The summed E-state index contributed by atoms with van der Waals surface area (Å²) >= 11 is 7.37. The molecule has 1 aliphatic heterocycles. The lowest BCUT2D eigenvalue weighted by molar-refractivity contribution is 0.0239. The fourth-order valence-electron chi connectivity index (χ4n) is 3.51. The molecular weight excluding hydrogens is 406 g/mol. The Morgan fingerprint density at radius 2 is 2.00 bits per heavy atom. The molecule has 0 unspecified atom stereocenters. The summed E-state index contributed by atoms with van der Waals surface area (Å²) in [6, 6.07) is 9.99. The van der Waals surface area contributed by atoms with Crippen LogP contribution in [0.3, 0.4) is 0 Å². The van der Waals surface area contributed by atoms with Gasteiger partial charge in [0.2, 0.25) is 0 Å². The zero-order chi connectivity index (χ0) is 20.4. The number of aromatic nitrogens is 2. The summed E-state index contributed by atoms with van der Waals surface area (Å²) in [6.45, 7) is 5.70. The number of carbonyl (C=O) groups is 1. The minimum atomic E-state index is -0.347. The van der Waals surface area contributed by atoms with Crippen LogP contribution in [0, 0.1) is 13.8 Å². The molecule has 0 atom stereocenters. The summed E-state index contributed by atoms with van der Waals surface area (Å²) in [5, 5.41) is 3.25. The molecule has 0 amide bonds. The number of pyridine rings is 1. The van der Waals surface area contributed by atoms with Crippen LogP contribution in [0.4, 0.5) is 5.82 Å². The molecule has 0 saturated carbocycles. The number of nitrogens with zero attached hydrogens (tertiary/aromatic N) is 3. The molecule has 1 aromatic carbocycles. The molecule has 0 radical (unpaired) electrons. The van der Waals surface area contributed by atoms with E-state index >= 15 is 0 Å². The molecule has 1 aliphatic rings. The highest BCUT2D eigenvalue weighted by atomic mass is 35.5. The predicted molar refractivity (Wildman–Crippen MR) is 117 cm³/mol. The minimum absolute atomic E-state index is 0.0997. The average Bonchev–Trinajstić information content (AvgIpc) is 3.19. The first-order valence-corrected chi connectivity index (χ1v) is 10.9. The monoisotopic (exact) mass is 427 g/mol. The molecule has 29 heavy (non-hydrogen) atoms. The molecule has 5 nitrogen and oxygen atoms in total. The van der Waals surface area contributed by atoms with Gasteiger partial charge in [-0.3, -0.25) is 0 Å². The van der Waals surface area contributed by atoms with E-state index in [0.717, 1.165) is 47.9 Å². The second kappa shape index (κ2) is 8.51. The molecule has 0 N–H and O–H groups in total. The van der Waals surface area contributed by atoms with E-state index in [1.165, 1.54) is 16.9 Å². The van der Waals surface area contributed by atoms with Crippen molar-refractivity contribution in [1.82, 2.24) is 9.97 Å². The number of esters is 1. The standard InChI is InChI=1S/C22H22ClN3O2S/c1-14-3-5-18(15(2)11-14)21-25-19(13-29-21)22(27)28-17-7-9-26(10-8-17)20-6-4-16(23)12-24-20/h3-6,11-13,17H,7-10H2,1-2H3. The molecular formula is C22H22ClN3O2S. The summed E-state index contributed by atoms with van der Waals surface area (Å²) < 4.78 is 5.72. The normalized spacial score (nSPS) is 14.8. The molecule has 1 fully saturated rings. The molecule has 0 bridgehead atoms. The largest absolute Gasteiger partial charge is 0.457 e. The van der Waals surface area contributed by atoms with Gasteiger partial charge in [-0.2, -0.15) is 0 Å². The molecule has 7 heteroatoms. The maximum absolute atomic E-state index is 12.6. The topological polar surface area (TPSA) is 55.3 Å². The number of piperidine rings is 1. The highest BCUT2D eigenvalue weighted by Gasteiger charge is 2.25. The predicted octanol–water partition coefficient (Wildman–Crippen LogP) is 5.30. The Morgan fingerprint density at radius 1 is 1.21 bits per heavy atom. The SMILES string of the molecule is Cc1ccc(-c2nc(C(=O)OC3CCN(c4ccc(Cl)cn4)CC3)cs2)c(C)c1. The fraction of sp³-hybridized carbons (Fsp3) is 0.318. The zero-order valence-corrected chi connectivity index (χ0v) is 18.0. The van der Waals surface area contributed by atoms with Gasteiger partial charge < -0.3 is 9.64 Å². The van der Waals surface area contributed by atoms with Crippen LogP contribution in [-0.4, -0.2) is 35.1 Å². The molecule has 1 saturated heterocycles. The summed E-state index contributed by atoms with van der Waals surface area (Å²) in [5.74, 6) is 0.553. The van der Waals surface area contributed by atoms with Crippen LogP contribution < -0.4 is 4.90 Å². The minimum Gasteiger partial charge on any atom is -0.457 e. The van der Waals surface area contributed by atoms with Crippen molar-refractivity contribution in [2.24, 2.45) is 0 Å². The Bertz CT molecular complexity index is 1010. The number of anilines is 1. The molecule has 4 rings (SSSR count). The van der Waals surface area contributed by atoms with E-state index in [9.17, 15) is 4.79 Å². The van der Waals surface area contributed by atoms with E-state index in [1.807, 2.05) is 12.1 Å². The van der Waals surface area contributed by atoms with Crippen LogP contribution >= 0.6 is 22.9 Å². The highest BCUT2D eigenvalue weighted by molar-refractivity contribution is 7.13. The van der Waals surface area contributed by atoms with E-state index in [-0.39, 0.29) is 12.1 Å². The van der Waals surface area contributed by atoms with Crippen molar-refractivity contribution in [1.29, 1.82) is 0 Å². The second-order valence-electron chi connectivity index (χ2n) is 7.28. The Morgan fingerprint density at radius 3 is 2.69 bits per heavy atom. The Balaban J connectivity index is 1.36. The smallest absolute Gasteiger partial charge is 0.358 e. The van der Waals surface area contributed by atoms with Gasteiger partial charge in [0.25, 0.3) is 0 Å². The van der Waals surface area contributed by atoms with E-state index < -0.39 is 0 Å². The van der Waals surface area contributed by atoms with E-state index in [4.69, 9.17) is 16.3 Å². The number of aryl methyl sites for hydroxylation is 2. The molecule has 0 aliphatic carbocycles. The third kappa shape index (κ3) is 4.60. The summed E-state index contributed by atoms with van der Waals surface area (Å²) in [7, 11) is 0. The lowest BCUT2D eigenvalue weighted by Crippen LogP contribution is -2.38. The third-order valence-corrected chi connectivity index (χ3v) is 6.18. The lowest BCUT2D eigenvalue weighted by Gasteiger charge is -2.32. The van der Waals surface area contributed by atoms with Gasteiger partial charge in [0.15, 0.2) is 5.69 Å². The third-order valence-electron chi connectivity index (χ3n) is 5.08. The average molecular weight is 428 g/mol. The van der Waals surface area contributed by atoms with E-state index in [2.05, 4.69) is 46.9 Å². The van der Waals surface area contributed by atoms with Gasteiger partial charge in [-0.15, -0.1) is 11.3 Å². The van der Waals surface area contributed by atoms with Crippen molar-refractivity contribution in [3.8, 4) is 10.6 Å². The first kappa shape index (κ1) is 19.9.